The number of hydrogen-bond acceptors (Lipinski definition) is 3. The van der Waals surface area contributed by atoms with E-state index in [-0.39, 0.29) is 6.04 Å². The maximum absolute atomic E-state index is 12.6. The van der Waals surface area contributed by atoms with Crippen molar-refractivity contribution in [3.8, 4) is 0 Å². The molecule has 5 heteroatoms. The van der Waals surface area contributed by atoms with Crippen LogP contribution in [0.3, 0.4) is 0 Å². The summed E-state index contributed by atoms with van der Waals surface area (Å²) >= 11 is 0. The minimum atomic E-state index is -3.47. The fraction of sp³-hybridized carbons (Fsp3) is 0.368. The molecule has 1 heterocycles. The predicted molar refractivity (Wildman–Crippen MR) is 94.5 cm³/mol. The van der Waals surface area contributed by atoms with E-state index in [2.05, 4.69) is 22.2 Å². The van der Waals surface area contributed by atoms with E-state index in [1.807, 2.05) is 24.3 Å². The van der Waals surface area contributed by atoms with Gasteiger partial charge in [-0.3, -0.25) is 0 Å². The van der Waals surface area contributed by atoms with E-state index in [1.54, 1.807) is 6.07 Å². The smallest absolute Gasteiger partial charge is 0.240 e. The summed E-state index contributed by atoms with van der Waals surface area (Å²) in [6, 6.07) is 13.8. The second-order valence-electron chi connectivity index (χ2n) is 6.59. The molecule has 4 rings (SSSR count). The van der Waals surface area contributed by atoms with Gasteiger partial charge in [0.2, 0.25) is 10.0 Å². The van der Waals surface area contributed by atoms with E-state index in [0.29, 0.717) is 11.4 Å². The molecule has 0 radical (unpaired) electrons. The van der Waals surface area contributed by atoms with Crippen LogP contribution >= 0.6 is 0 Å². The van der Waals surface area contributed by atoms with Crippen LogP contribution in [0.5, 0.6) is 0 Å². The Morgan fingerprint density at radius 1 is 1.00 bits per heavy atom. The number of sulfonamides is 1. The molecule has 1 atom stereocenters. The molecule has 0 amide bonds. The number of hydrogen-bond donors (Lipinski definition) is 2. The summed E-state index contributed by atoms with van der Waals surface area (Å²) in [5, 5.41) is 3.41. The molecule has 2 N–H and O–H groups in total. The zero-order chi connectivity index (χ0) is 16.6. The molecule has 24 heavy (non-hydrogen) atoms. The Balaban J connectivity index is 1.51. The Bertz CT molecular complexity index is 861. The quantitative estimate of drug-likeness (QED) is 0.897. The molecule has 2 aromatic carbocycles. The van der Waals surface area contributed by atoms with Gasteiger partial charge in [-0.2, -0.15) is 0 Å². The number of nitrogens with one attached hydrogen (secondary N) is 2. The number of fused-ring (bicyclic) bond motifs is 2. The fourth-order valence-electron chi connectivity index (χ4n) is 3.77. The summed E-state index contributed by atoms with van der Waals surface area (Å²) in [4.78, 5) is 0.382. The molecule has 0 saturated heterocycles. The highest BCUT2D eigenvalue weighted by atomic mass is 32.2. The second kappa shape index (κ2) is 6.31. The van der Waals surface area contributed by atoms with Gasteiger partial charge in [0.15, 0.2) is 0 Å². The Kier molecular flexibility index (Phi) is 4.16. The molecule has 2 aliphatic rings. The van der Waals surface area contributed by atoms with Crippen LogP contribution < -0.4 is 10.0 Å². The molecular weight excluding hydrogens is 320 g/mol. The van der Waals surface area contributed by atoms with E-state index < -0.39 is 10.0 Å². The van der Waals surface area contributed by atoms with E-state index in [4.69, 9.17) is 0 Å². The van der Waals surface area contributed by atoms with Crippen molar-refractivity contribution >= 4 is 10.0 Å². The van der Waals surface area contributed by atoms with E-state index in [9.17, 15) is 8.42 Å². The third-order valence-electron chi connectivity index (χ3n) is 5.07. The fourth-order valence-corrected chi connectivity index (χ4v) is 4.86. The topological polar surface area (TPSA) is 58.2 Å². The van der Waals surface area contributed by atoms with Gasteiger partial charge >= 0.3 is 0 Å². The minimum Gasteiger partial charge on any atom is -0.308 e. The maximum atomic E-state index is 12.6. The van der Waals surface area contributed by atoms with Crippen molar-refractivity contribution in [2.45, 2.75) is 36.6 Å². The summed E-state index contributed by atoms with van der Waals surface area (Å²) in [6.07, 6.45) is 4.15. The first kappa shape index (κ1) is 15.8. The van der Waals surface area contributed by atoms with Gasteiger partial charge in [-0.25, -0.2) is 13.1 Å². The highest BCUT2D eigenvalue weighted by molar-refractivity contribution is 7.89. The second-order valence-corrected chi connectivity index (χ2v) is 8.36. The average molecular weight is 342 g/mol. The van der Waals surface area contributed by atoms with Crippen LogP contribution in [0.2, 0.25) is 0 Å². The summed E-state index contributed by atoms with van der Waals surface area (Å²) < 4.78 is 28.1. The zero-order valence-corrected chi connectivity index (χ0v) is 14.4. The van der Waals surface area contributed by atoms with Crippen LogP contribution in [-0.2, 0) is 29.3 Å². The predicted octanol–water partition coefficient (Wildman–Crippen LogP) is 2.34. The van der Waals surface area contributed by atoms with Gasteiger partial charge in [0.1, 0.15) is 0 Å². The van der Waals surface area contributed by atoms with Crippen LogP contribution in [0.25, 0.3) is 0 Å². The van der Waals surface area contributed by atoms with Crippen LogP contribution in [0.4, 0.5) is 0 Å². The largest absolute Gasteiger partial charge is 0.308 e. The van der Waals surface area contributed by atoms with Gasteiger partial charge in [0.25, 0.3) is 0 Å². The van der Waals surface area contributed by atoms with E-state index in [0.717, 1.165) is 32.2 Å². The van der Waals surface area contributed by atoms with Crippen LogP contribution in [-0.4, -0.2) is 21.5 Å². The van der Waals surface area contributed by atoms with Crippen molar-refractivity contribution in [1.29, 1.82) is 0 Å². The van der Waals surface area contributed by atoms with Gasteiger partial charge < -0.3 is 5.32 Å². The van der Waals surface area contributed by atoms with Gasteiger partial charge in [0, 0.05) is 12.6 Å². The van der Waals surface area contributed by atoms with E-state index in [1.165, 1.54) is 22.3 Å². The van der Waals surface area contributed by atoms with Gasteiger partial charge in [-0.1, -0.05) is 30.3 Å². The SMILES string of the molecule is O=S(=O)(NCC1NCCc2ccccc21)c1ccc2c(c1)CCC2. The third kappa shape index (κ3) is 2.99. The van der Waals surface area contributed by atoms with Crippen LogP contribution in [0.1, 0.15) is 34.7 Å². The van der Waals surface area contributed by atoms with Crippen molar-refractivity contribution in [3.05, 3.63) is 64.7 Å². The summed E-state index contributed by atoms with van der Waals surface area (Å²) in [6.45, 7) is 1.25. The van der Waals surface area contributed by atoms with Crippen LogP contribution in [0.15, 0.2) is 47.4 Å². The van der Waals surface area contributed by atoms with Gasteiger partial charge in [-0.05, 0) is 66.6 Å². The lowest BCUT2D eigenvalue weighted by Crippen LogP contribution is -2.38. The molecular formula is C19H22N2O2S. The van der Waals surface area contributed by atoms with Gasteiger partial charge in [-0.15, -0.1) is 0 Å². The molecule has 4 nitrogen and oxygen atoms in total. The third-order valence-corrected chi connectivity index (χ3v) is 6.49. The highest BCUT2D eigenvalue weighted by Crippen LogP contribution is 2.25. The molecule has 0 fully saturated rings. The lowest BCUT2D eigenvalue weighted by Gasteiger charge is -2.27. The Morgan fingerprint density at radius 2 is 1.83 bits per heavy atom. The molecule has 2 aromatic rings. The summed E-state index contributed by atoms with van der Waals surface area (Å²) in [5.74, 6) is 0. The average Bonchev–Trinajstić information content (AvgIpc) is 3.07. The van der Waals surface area contributed by atoms with Crippen molar-refractivity contribution in [1.82, 2.24) is 10.0 Å². The molecule has 1 aliphatic carbocycles. The molecule has 0 spiro atoms. The molecule has 0 aromatic heterocycles. The van der Waals surface area contributed by atoms with Crippen molar-refractivity contribution in [2.24, 2.45) is 0 Å². The van der Waals surface area contributed by atoms with Crippen molar-refractivity contribution in [2.75, 3.05) is 13.1 Å². The van der Waals surface area contributed by atoms with E-state index >= 15 is 0 Å². The lowest BCUT2D eigenvalue weighted by atomic mass is 9.95. The summed E-state index contributed by atoms with van der Waals surface area (Å²) in [7, 11) is -3.47. The number of rotatable bonds is 4. The lowest BCUT2D eigenvalue weighted by molar-refractivity contribution is 0.491. The molecule has 0 saturated carbocycles. The zero-order valence-electron chi connectivity index (χ0n) is 13.6. The monoisotopic (exact) mass is 342 g/mol. The molecule has 1 aliphatic heterocycles. The first-order chi connectivity index (χ1) is 11.6. The normalized spacial score (nSPS) is 19.8. The minimum absolute atomic E-state index is 0.0270. The highest BCUT2D eigenvalue weighted by Gasteiger charge is 2.23. The Morgan fingerprint density at radius 3 is 2.75 bits per heavy atom. The molecule has 1 unspecified atom stereocenters. The molecule has 126 valence electrons. The van der Waals surface area contributed by atoms with Gasteiger partial charge in [0.05, 0.1) is 4.90 Å². The maximum Gasteiger partial charge on any atom is 0.240 e. The number of benzene rings is 2. The first-order valence-corrected chi connectivity index (χ1v) is 10.0. The summed E-state index contributed by atoms with van der Waals surface area (Å²) in [5.41, 5.74) is 4.97. The number of aryl methyl sites for hydroxylation is 2. The Hall–Kier alpha value is -1.69. The molecule has 0 bridgehead atoms. The first-order valence-electron chi connectivity index (χ1n) is 8.56. The Labute approximate surface area is 143 Å². The van der Waals surface area contributed by atoms with Crippen molar-refractivity contribution < 1.29 is 8.42 Å². The standard InChI is InChI=1S/C19H22N2O2S/c22-24(23,17-9-8-14-5-3-6-16(14)12-17)21-13-19-18-7-2-1-4-15(18)10-11-20-19/h1-2,4,7-9,12,19-21H,3,5-6,10-11,13H2. The van der Waals surface area contributed by atoms with Crippen LogP contribution in [0, 0.1) is 0 Å². The van der Waals surface area contributed by atoms with Crippen molar-refractivity contribution in [3.63, 3.8) is 0 Å².